The summed E-state index contributed by atoms with van der Waals surface area (Å²) in [5.41, 5.74) is 2.80. The number of anilines is 1. The Kier molecular flexibility index (Phi) is 7.36. The van der Waals surface area contributed by atoms with Gasteiger partial charge in [-0.15, -0.1) is 0 Å². The minimum atomic E-state index is -0.151. The van der Waals surface area contributed by atoms with Crippen LogP contribution in [0.2, 0.25) is 0 Å². The van der Waals surface area contributed by atoms with Crippen molar-refractivity contribution in [2.24, 2.45) is 0 Å². The molecule has 2 aromatic carbocycles. The van der Waals surface area contributed by atoms with Crippen LogP contribution in [-0.4, -0.2) is 36.9 Å². The van der Waals surface area contributed by atoms with Crippen molar-refractivity contribution in [3.63, 3.8) is 0 Å². The van der Waals surface area contributed by atoms with E-state index < -0.39 is 0 Å². The highest BCUT2D eigenvalue weighted by Crippen LogP contribution is 2.19. The van der Waals surface area contributed by atoms with E-state index in [1.807, 2.05) is 62.4 Å². The van der Waals surface area contributed by atoms with Crippen LogP contribution in [0.1, 0.15) is 24.1 Å². The third-order valence-corrected chi connectivity index (χ3v) is 4.46. The summed E-state index contributed by atoms with van der Waals surface area (Å²) >= 11 is 3.40. The number of benzene rings is 2. The smallest absolute Gasteiger partial charge is 0.238 e. The van der Waals surface area contributed by atoms with Crippen LogP contribution in [0, 0.1) is 6.92 Å². The molecule has 0 aliphatic carbocycles. The van der Waals surface area contributed by atoms with Gasteiger partial charge in [-0.2, -0.15) is 0 Å². The molecule has 0 unspecified atom stereocenters. The Bertz CT molecular complexity index is 765. The summed E-state index contributed by atoms with van der Waals surface area (Å²) in [5.74, 6) is -0.265. The Morgan fingerprint density at radius 1 is 1.08 bits per heavy atom. The quantitative estimate of drug-likeness (QED) is 0.724. The lowest BCUT2D eigenvalue weighted by atomic mass is 10.1. The predicted molar refractivity (Wildman–Crippen MR) is 108 cm³/mol. The van der Waals surface area contributed by atoms with Crippen molar-refractivity contribution < 1.29 is 9.59 Å². The van der Waals surface area contributed by atoms with Gasteiger partial charge in [0.25, 0.3) is 0 Å². The molecule has 2 rings (SSSR count). The Hall–Kier alpha value is -2.18. The van der Waals surface area contributed by atoms with Crippen LogP contribution in [0.4, 0.5) is 5.69 Å². The zero-order valence-corrected chi connectivity index (χ0v) is 16.8. The molecule has 0 saturated heterocycles. The van der Waals surface area contributed by atoms with Crippen LogP contribution in [0.25, 0.3) is 0 Å². The second-order valence-corrected chi connectivity index (χ2v) is 7.30. The van der Waals surface area contributed by atoms with E-state index in [1.54, 1.807) is 11.9 Å². The van der Waals surface area contributed by atoms with Crippen molar-refractivity contribution in [1.82, 2.24) is 10.2 Å². The van der Waals surface area contributed by atoms with Crippen molar-refractivity contribution in [1.29, 1.82) is 0 Å². The van der Waals surface area contributed by atoms with Crippen LogP contribution in [0.3, 0.4) is 0 Å². The van der Waals surface area contributed by atoms with Gasteiger partial charge < -0.3 is 10.6 Å². The fourth-order valence-electron chi connectivity index (χ4n) is 2.62. The molecule has 0 aromatic heterocycles. The highest BCUT2D eigenvalue weighted by atomic mass is 79.9. The monoisotopic (exact) mass is 417 g/mol. The molecule has 2 N–H and O–H groups in total. The number of aryl methyl sites for hydroxylation is 1. The lowest BCUT2D eigenvalue weighted by Crippen LogP contribution is -2.39. The first-order chi connectivity index (χ1) is 12.3. The third kappa shape index (κ3) is 6.28. The van der Waals surface area contributed by atoms with Crippen LogP contribution < -0.4 is 10.6 Å². The number of carbonyl (C=O) groups is 2. The van der Waals surface area contributed by atoms with Gasteiger partial charge in [0, 0.05) is 10.2 Å². The second-order valence-electron chi connectivity index (χ2n) is 6.38. The van der Waals surface area contributed by atoms with E-state index in [2.05, 4.69) is 26.6 Å². The van der Waals surface area contributed by atoms with E-state index >= 15 is 0 Å². The van der Waals surface area contributed by atoms with E-state index in [-0.39, 0.29) is 30.9 Å². The van der Waals surface area contributed by atoms with Crippen LogP contribution in [0.15, 0.2) is 53.0 Å². The molecule has 0 radical (unpaired) electrons. The van der Waals surface area contributed by atoms with Crippen molar-refractivity contribution in [3.05, 3.63) is 64.1 Å². The van der Waals surface area contributed by atoms with Gasteiger partial charge in [0.15, 0.2) is 0 Å². The highest BCUT2D eigenvalue weighted by Gasteiger charge is 2.14. The number of hydrogen-bond donors (Lipinski definition) is 2. The van der Waals surface area contributed by atoms with Crippen molar-refractivity contribution in [3.8, 4) is 0 Å². The number of halogens is 1. The molecule has 1 atom stereocenters. The number of likely N-dealkylation sites (N-methyl/N-ethyl adjacent to an activating group) is 1. The topological polar surface area (TPSA) is 61.4 Å². The first-order valence-corrected chi connectivity index (χ1v) is 9.23. The minimum absolute atomic E-state index is 0.0728. The average Bonchev–Trinajstić information content (AvgIpc) is 2.57. The molecule has 0 aliphatic rings. The standard InChI is InChI=1S/C20H24BrN3O2/c1-14-11-17(21)9-10-18(14)23-20(26)13-24(3)12-19(25)22-15(2)16-7-5-4-6-8-16/h4-11,15H,12-13H2,1-3H3,(H,22,25)(H,23,26)/t15-/m1/s1. The summed E-state index contributed by atoms with van der Waals surface area (Å²) in [7, 11) is 1.75. The van der Waals surface area contributed by atoms with Crippen molar-refractivity contribution in [2.75, 3.05) is 25.5 Å². The number of nitrogens with one attached hydrogen (secondary N) is 2. The first kappa shape index (κ1) is 20.1. The SMILES string of the molecule is Cc1cc(Br)ccc1NC(=O)CN(C)CC(=O)N[C@H](C)c1ccccc1. The molecule has 0 fully saturated rings. The van der Waals surface area contributed by atoms with Gasteiger partial charge in [-0.1, -0.05) is 46.3 Å². The van der Waals surface area contributed by atoms with Crippen molar-refractivity contribution >= 4 is 33.4 Å². The summed E-state index contributed by atoms with van der Waals surface area (Å²) in [5, 5.41) is 5.82. The lowest BCUT2D eigenvalue weighted by Gasteiger charge is -2.19. The highest BCUT2D eigenvalue weighted by molar-refractivity contribution is 9.10. The molecule has 0 saturated carbocycles. The van der Waals surface area contributed by atoms with E-state index in [0.717, 1.165) is 21.3 Å². The van der Waals surface area contributed by atoms with Gasteiger partial charge in [0.2, 0.25) is 11.8 Å². The molecule has 0 bridgehead atoms. The molecule has 5 nitrogen and oxygen atoms in total. The van der Waals surface area contributed by atoms with Gasteiger partial charge in [0.1, 0.15) is 0 Å². The van der Waals surface area contributed by atoms with Crippen LogP contribution >= 0.6 is 15.9 Å². The van der Waals surface area contributed by atoms with E-state index in [4.69, 9.17) is 0 Å². The average molecular weight is 418 g/mol. The summed E-state index contributed by atoms with van der Waals surface area (Å²) in [4.78, 5) is 26.1. The normalized spacial score (nSPS) is 11.9. The third-order valence-electron chi connectivity index (χ3n) is 3.97. The molecule has 0 heterocycles. The van der Waals surface area contributed by atoms with Gasteiger partial charge in [0.05, 0.1) is 19.1 Å². The zero-order chi connectivity index (χ0) is 19.1. The predicted octanol–water partition coefficient (Wildman–Crippen LogP) is 3.51. The minimum Gasteiger partial charge on any atom is -0.348 e. The number of amides is 2. The Morgan fingerprint density at radius 3 is 2.38 bits per heavy atom. The zero-order valence-electron chi connectivity index (χ0n) is 15.3. The molecule has 6 heteroatoms. The summed E-state index contributed by atoms with van der Waals surface area (Å²) in [6, 6.07) is 15.4. The van der Waals surface area contributed by atoms with Gasteiger partial charge in [-0.05, 0) is 50.2 Å². The number of nitrogens with zero attached hydrogens (tertiary/aromatic N) is 1. The Labute approximate surface area is 162 Å². The van der Waals surface area contributed by atoms with E-state index in [9.17, 15) is 9.59 Å². The number of hydrogen-bond acceptors (Lipinski definition) is 3. The van der Waals surface area contributed by atoms with Crippen LogP contribution in [0.5, 0.6) is 0 Å². The van der Waals surface area contributed by atoms with Gasteiger partial charge in [-0.3, -0.25) is 14.5 Å². The summed E-state index contributed by atoms with van der Waals surface area (Å²) < 4.78 is 0.967. The van der Waals surface area contributed by atoms with Crippen LogP contribution in [-0.2, 0) is 9.59 Å². The summed E-state index contributed by atoms with van der Waals surface area (Å²) in [6.07, 6.45) is 0. The van der Waals surface area contributed by atoms with Gasteiger partial charge >= 0.3 is 0 Å². The van der Waals surface area contributed by atoms with E-state index in [0.29, 0.717) is 0 Å². The lowest BCUT2D eigenvalue weighted by molar-refractivity contribution is -0.123. The van der Waals surface area contributed by atoms with E-state index in [1.165, 1.54) is 0 Å². The Balaban J connectivity index is 1.80. The molecular weight excluding hydrogens is 394 g/mol. The second kappa shape index (κ2) is 9.50. The molecule has 2 aromatic rings. The maximum absolute atomic E-state index is 12.2. The molecule has 138 valence electrons. The number of carbonyl (C=O) groups excluding carboxylic acids is 2. The summed E-state index contributed by atoms with van der Waals surface area (Å²) in [6.45, 7) is 4.17. The fourth-order valence-corrected chi connectivity index (χ4v) is 3.09. The fraction of sp³-hybridized carbons (Fsp3) is 0.300. The molecule has 0 aliphatic heterocycles. The maximum Gasteiger partial charge on any atom is 0.238 e. The molecular formula is C20H24BrN3O2. The maximum atomic E-state index is 12.2. The largest absolute Gasteiger partial charge is 0.348 e. The number of rotatable bonds is 7. The molecule has 0 spiro atoms. The Morgan fingerprint density at radius 2 is 1.73 bits per heavy atom. The first-order valence-electron chi connectivity index (χ1n) is 8.44. The molecule has 2 amide bonds. The molecule has 26 heavy (non-hydrogen) atoms. The van der Waals surface area contributed by atoms with Crippen molar-refractivity contribution in [2.45, 2.75) is 19.9 Å². The van der Waals surface area contributed by atoms with Gasteiger partial charge in [-0.25, -0.2) is 0 Å².